The van der Waals surface area contributed by atoms with Gasteiger partial charge in [-0.2, -0.15) is 0 Å². The third kappa shape index (κ3) is 4.54. The summed E-state index contributed by atoms with van der Waals surface area (Å²) in [6, 6.07) is 0.341. The fraction of sp³-hybridized carbons (Fsp3) is 1.00. The smallest absolute Gasteiger partial charge is 0.0693 e. The van der Waals surface area contributed by atoms with Gasteiger partial charge in [0.25, 0.3) is 0 Å². The lowest BCUT2D eigenvalue weighted by Crippen LogP contribution is -2.43. The van der Waals surface area contributed by atoms with E-state index < -0.39 is 0 Å². The monoisotopic (exact) mass is 242 g/mol. The van der Waals surface area contributed by atoms with Gasteiger partial charge in [-0.05, 0) is 32.4 Å². The molecule has 100 valence electrons. The highest BCUT2D eigenvalue weighted by Crippen LogP contribution is 2.18. The van der Waals surface area contributed by atoms with Crippen LogP contribution in [0.3, 0.4) is 0 Å². The molecular formula is C13H26N2O2. The van der Waals surface area contributed by atoms with E-state index in [-0.39, 0.29) is 6.10 Å². The number of ether oxygens (including phenoxy) is 1. The van der Waals surface area contributed by atoms with Gasteiger partial charge in [-0.15, -0.1) is 0 Å². The number of nitrogens with one attached hydrogen (secondary N) is 1. The van der Waals surface area contributed by atoms with Crippen LogP contribution < -0.4 is 5.32 Å². The molecule has 17 heavy (non-hydrogen) atoms. The maximum absolute atomic E-state index is 9.83. The summed E-state index contributed by atoms with van der Waals surface area (Å²) in [5, 5.41) is 13.3. The van der Waals surface area contributed by atoms with E-state index in [0.29, 0.717) is 6.04 Å². The molecule has 0 bridgehead atoms. The molecule has 0 radical (unpaired) electrons. The molecule has 1 aliphatic carbocycles. The summed E-state index contributed by atoms with van der Waals surface area (Å²) < 4.78 is 5.32. The first kappa shape index (κ1) is 13.3. The second kappa shape index (κ2) is 7.31. The van der Waals surface area contributed by atoms with E-state index in [9.17, 15) is 5.11 Å². The lowest BCUT2D eigenvalue weighted by molar-refractivity contribution is 0.0368. The van der Waals surface area contributed by atoms with Crippen molar-refractivity contribution >= 4 is 0 Å². The van der Waals surface area contributed by atoms with Crippen molar-refractivity contribution in [3.63, 3.8) is 0 Å². The van der Waals surface area contributed by atoms with Gasteiger partial charge >= 0.3 is 0 Å². The van der Waals surface area contributed by atoms with Gasteiger partial charge in [0, 0.05) is 19.1 Å². The molecule has 4 heteroatoms. The fourth-order valence-electron chi connectivity index (χ4n) is 2.76. The van der Waals surface area contributed by atoms with E-state index >= 15 is 0 Å². The van der Waals surface area contributed by atoms with Crippen LogP contribution in [-0.2, 0) is 4.74 Å². The molecule has 0 aromatic rings. The third-order valence-corrected chi connectivity index (χ3v) is 3.89. The number of nitrogens with zero attached hydrogens (tertiary/aromatic N) is 1. The third-order valence-electron chi connectivity index (χ3n) is 3.89. The lowest BCUT2D eigenvalue weighted by atomic mass is 9.92. The summed E-state index contributed by atoms with van der Waals surface area (Å²) in [5.74, 6) is 0. The van der Waals surface area contributed by atoms with Gasteiger partial charge in [0.1, 0.15) is 0 Å². The van der Waals surface area contributed by atoms with Crippen molar-refractivity contribution < 1.29 is 9.84 Å². The van der Waals surface area contributed by atoms with E-state index in [1.54, 1.807) is 0 Å². The van der Waals surface area contributed by atoms with Crippen LogP contribution in [0.5, 0.6) is 0 Å². The van der Waals surface area contributed by atoms with Crippen molar-refractivity contribution in [1.82, 2.24) is 10.2 Å². The molecular weight excluding hydrogens is 216 g/mol. The maximum Gasteiger partial charge on any atom is 0.0693 e. The largest absolute Gasteiger partial charge is 0.392 e. The van der Waals surface area contributed by atoms with Crippen molar-refractivity contribution in [2.75, 3.05) is 39.4 Å². The second-order valence-corrected chi connectivity index (χ2v) is 5.22. The lowest BCUT2D eigenvalue weighted by Gasteiger charge is -2.29. The Morgan fingerprint density at radius 1 is 1.18 bits per heavy atom. The highest BCUT2D eigenvalue weighted by molar-refractivity contribution is 4.80. The van der Waals surface area contributed by atoms with E-state index in [1.807, 2.05) is 0 Å². The zero-order valence-corrected chi connectivity index (χ0v) is 10.7. The minimum Gasteiger partial charge on any atom is -0.392 e. The summed E-state index contributed by atoms with van der Waals surface area (Å²) >= 11 is 0. The number of morpholine rings is 1. The van der Waals surface area contributed by atoms with Crippen molar-refractivity contribution in [2.45, 2.75) is 44.2 Å². The molecule has 4 nitrogen and oxygen atoms in total. The van der Waals surface area contributed by atoms with Crippen LogP contribution in [0, 0.1) is 0 Å². The Morgan fingerprint density at radius 3 is 2.71 bits per heavy atom. The Bertz CT molecular complexity index is 208. The molecule has 2 rings (SSSR count). The quantitative estimate of drug-likeness (QED) is 0.693. The molecule has 2 fully saturated rings. The molecule has 1 aliphatic heterocycles. The normalized spacial score (nSPS) is 31.6. The average Bonchev–Trinajstić information content (AvgIpc) is 2.38. The molecule has 1 saturated carbocycles. The highest BCUT2D eigenvalue weighted by Gasteiger charge is 2.21. The minimum atomic E-state index is -0.118. The summed E-state index contributed by atoms with van der Waals surface area (Å²) in [6.45, 7) is 6.10. The molecule has 0 spiro atoms. The molecule has 0 unspecified atom stereocenters. The zero-order valence-electron chi connectivity index (χ0n) is 10.7. The maximum atomic E-state index is 9.83. The molecule has 0 amide bonds. The van der Waals surface area contributed by atoms with E-state index in [0.717, 1.165) is 52.2 Å². The minimum absolute atomic E-state index is 0.118. The number of hydrogen-bond acceptors (Lipinski definition) is 4. The Labute approximate surface area is 104 Å². The molecule has 2 N–H and O–H groups in total. The summed E-state index contributed by atoms with van der Waals surface area (Å²) in [4.78, 5) is 2.46. The number of rotatable bonds is 5. The Morgan fingerprint density at radius 2 is 1.94 bits per heavy atom. The zero-order chi connectivity index (χ0) is 11.9. The Balaban J connectivity index is 1.53. The van der Waals surface area contributed by atoms with Gasteiger partial charge < -0.3 is 15.2 Å². The number of aliphatic hydroxyl groups excluding tert-OH is 1. The first-order valence-corrected chi connectivity index (χ1v) is 7.08. The van der Waals surface area contributed by atoms with Crippen molar-refractivity contribution in [1.29, 1.82) is 0 Å². The summed E-state index contributed by atoms with van der Waals surface area (Å²) in [5.41, 5.74) is 0. The Hall–Kier alpha value is -0.160. The van der Waals surface area contributed by atoms with Crippen LogP contribution in [0.1, 0.15) is 32.1 Å². The van der Waals surface area contributed by atoms with Crippen LogP contribution in [0.4, 0.5) is 0 Å². The SMILES string of the molecule is O[C@H]1CCCC[C@@H]1NCCCN1CCOCC1. The predicted octanol–water partition coefficient (Wildman–Crippen LogP) is 0.602. The van der Waals surface area contributed by atoms with E-state index in [1.165, 1.54) is 19.3 Å². The predicted molar refractivity (Wildman–Crippen MR) is 68.1 cm³/mol. The van der Waals surface area contributed by atoms with Crippen molar-refractivity contribution in [3.05, 3.63) is 0 Å². The van der Waals surface area contributed by atoms with Crippen molar-refractivity contribution in [3.8, 4) is 0 Å². The van der Waals surface area contributed by atoms with Gasteiger partial charge in [-0.25, -0.2) is 0 Å². The first-order valence-electron chi connectivity index (χ1n) is 7.08. The van der Waals surface area contributed by atoms with Gasteiger partial charge in [-0.3, -0.25) is 4.90 Å². The fourth-order valence-corrected chi connectivity index (χ4v) is 2.76. The topological polar surface area (TPSA) is 44.7 Å². The molecule has 2 aliphatic rings. The Kier molecular flexibility index (Phi) is 5.71. The highest BCUT2D eigenvalue weighted by atomic mass is 16.5. The van der Waals surface area contributed by atoms with E-state index in [4.69, 9.17) is 4.74 Å². The summed E-state index contributed by atoms with van der Waals surface area (Å²) in [6.07, 6.45) is 5.61. The average molecular weight is 242 g/mol. The summed E-state index contributed by atoms with van der Waals surface area (Å²) in [7, 11) is 0. The standard InChI is InChI=1S/C13H26N2O2/c16-13-5-2-1-4-12(13)14-6-3-7-15-8-10-17-11-9-15/h12-14,16H,1-11H2/t12-,13-/m0/s1. The molecule has 1 heterocycles. The van der Waals surface area contributed by atoms with E-state index in [2.05, 4.69) is 10.2 Å². The molecule has 0 aromatic carbocycles. The van der Waals surface area contributed by atoms with Crippen molar-refractivity contribution in [2.24, 2.45) is 0 Å². The van der Waals surface area contributed by atoms with Gasteiger partial charge in [0.15, 0.2) is 0 Å². The molecule has 2 atom stereocenters. The van der Waals surface area contributed by atoms with Crippen LogP contribution in [0.25, 0.3) is 0 Å². The van der Waals surface area contributed by atoms with Crippen LogP contribution in [0.2, 0.25) is 0 Å². The van der Waals surface area contributed by atoms with Gasteiger partial charge in [0.05, 0.1) is 19.3 Å². The van der Waals surface area contributed by atoms with Gasteiger partial charge in [-0.1, -0.05) is 12.8 Å². The molecule has 0 aromatic heterocycles. The number of hydrogen-bond donors (Lipinski definition) is 2. The number of aliphatic hydroxyl groups is 1. The van der Waals surface area contributed by atoms with Crippen LogP contribution in [-0.4, -0.2) is 61.5 Å². The van der Waals surface area contributed by atoms with Crippen LogP contribution >= 0.6 is 0 Å². The first-order chi connectivity index (χ1) is 8.36. The van der Waals surface area contributed by atoms with Gasteiger partial charge in [0.2, 0.25) is 0 Å². The van der Waals surface area contributed by atoms with Crippen LogP contribution in [0.15, 0.2) is 0 Å². The second-order valence-electron chi connectivity index (χ2n) is 5.22. The molecule has 1 saturated heterocycles.